The van der Waals surface area contributed by atoms with Crippen LogP contribution in [0.3, 0.4) is 0 Å². The fraction of sp³-hybridized carbons (Fsp3) is 0.312. The molecule has 7 heteroatoms. The molecule has 1 unspecified atom stereocenters. The van der Waals surface area contributed by atoms with E-state index in [1.165, 1.54) is 0 Å². The first-order valence-electron chi connectivity index (χ1n) is 7.18. The van der Waals surface area contributed by atoms with Crippen LogP contribution in [-0.4, -0.2) is 40.7 Å². The van der Waals surface area contributed by atoms with Gasteiger partial charge in [0.2, 0.25) is 11.7 Å². The number of hydrogen-bond acceptors (Lipinski definition) is 5. The van der Waals surface area contributed by atoms with Gasteiger partial charge in [0.25, 0.3) is 5.91 Å². The highest BCUT2D eigenvalue weighted by molar-refractivity contribution is 5.97. The maximum atomic E-state index is 12.4. The topological polar surface area (TPSA) is 102 Å². The fourth-order valence-electron chi connectivity index (χ4n) is 2.47. The molecule has 23 heavy (non-hydrogen) atoms. The van der Waals surface area contributed by atoms with E-state index in [-0.39, 0.29) is 25.4 Å². The Morgan fingerprint density at radius 2 is 2.04 bits per heavy atom. The maximum absolute atomic E-state index is 12.4. The number of aryl methyl sites for hydroxylation is 1. The van der Waals surface area contributed by atoms with Crippen LogP contribution in [-0.2, 0) is 9.53 Å². The zero-order valence-corrected chi connectivity index (χ0v) is 12.5. The largest absolute Gasteiger partial charge is 0.479 e. The highest BCUT2D eigenvalue weighted by Gasteiger charge is 2.44. The van der Waals surface area contributed by atoms with Gasteiger partial charge in [0.15, 0.2) is 5.54 Å². The molecule has 7 nitrogen and oxygen atoms in total. The zero-order chi connectivity index (χ0) is 16.4. The minimum atomic E-state index is -1.41. The molecule has 120 valence electrons. The van der Waals surface area contributed by atoms with E-state index in [1.807, 2.05) is 30.3 Å². The van der Waals surface area contributed by atoms with E-state index in [9.17, 15) is 14.7 Å². The second-order valence-corrected chi connectivity index (χ2v) is 5.44. The fourth-order valence-corrected chi connectivity index (χ4v) is 2.47. The molecule has 1 aromatic heterocycles. The first-order chi connectivity index (χ1) is 11.0. The number of oxazole rings is 1. The first-order valence-corrected chi connectivity index (χ1v) is 7.18. The predicted octanol–water partition coefficient (Wildman–Crippen LogP) is 1.62. The van der Waals surface area contributed by atoms with Gasteiger partial charge in [-0.2, -0.15) is 0 Å². The molecular formula is C16H16N2O5. The maximum Gasteiger partial charge on any atom is 0.331 e. The Labute approximate surface area is 132 Å². The number of rotatable bonds is 4. The molecular weight excluding hydrogens is 300 g/mol. The van der Waals surface area contributed by atoms with Gasteiger partial charge in [-0.05, 0) is 19.1 Å². The molecule has 1 aromatic carbocycles. The molecule has 1 atom stereocenters. The monoisotopic (exact) mass is 316 g/mol. The van der Waals surface area contributed by atoms with E-state index in [0.29, 0.717) is 11.6 Å². The Morgan fingerprint density at radius 1 is 1.30 bits per heavy atom. The second-order valence-electron chi connectivity index (χ2n) is 5.44. The van der Waals surface area contributed by atoms with Crippen LogP contribution in [0, 0.1) is 6.92 Å². The van der Waals surface area contributed by atoms with Gasteiger partial charge in [-0.15, -0.1) is 0 Å². The van der Waals surface area contributed by atoms with Crippen LogP contribution >= 0.6 is 0 Å². The van der Waals surface area contributed by atoms with Crippen LogP contribution in [0.1, 0.15) is 22.7 Å². The molecule has 0 aliphatic carbocycles. The van der Waals surface area contributed by atoms with Crippen molar-refractivity contribution in [2.45, 2.75) is 18.9 Å². The summed E-state index contributed by atoms with van der Waals surface area (Å²) < 4.78 is 10.7. The van der Waals surface area contributed by atoms with Crippen LogP contribution in [0.4, 0.5) is 0 Å². The van der Waals surface area contributed by atoms with Gasteiger partial charge in [0.1, 0.15) is 0 Å². The smallest absolute Gasteiger partial charge is 0.331 e. The number of amides is 1. The third-order valence-corrected chi connectivity index (χ3v) is 3.81. The van der Waals surface area contributed by atoms with Gasteiger partial charge in [-0.25, -0.2) is 9.78 Å². The molecule has 1 amide bonds. The van der Waals surface area contributed by atoms with Crippen molar-refractivity contribution in [3.8, 4) is 11.5 Å². The number of aliphatic carboxylic acids is 1. The van der Waals surface area contributed by atoms with Crippen LogP contribution < -0.4 is 5.32 Å². The molecule has 2 N–H and O–H groups in total. The molecule has 2 aromatic rings. The summed E-state index contributed by atoms with van der Waals surface area (Å²) in [6.45, 7) is 1.87. The highest BCUT2D eigenvalue weighted by atomic mass is 16.5. The molecule has 1 fully saturated rings. The average Bonchev–Trinajstić information content (AvgIpc) is 3.16. The van der Waals surface area contributed by atoms with E-state index >= 15 is 0 Å². The second kappa shape index (κ2) is 5.85. The van der Waals surface area contributed by atoms with Crippen molar-refractivity contribution in [3.63, 3.8) is 0 Å². The number of carboxylic acids is 1. The lowest BCUT2D eigenvalue weighted by Crippen LogP contribution is -2.55. The molecule has 1 aliphatic rings. The third kappa shape index (κ3) is 2.83. The summed E-state index contributed by atoms with van der Waals surface area (Å²) in [5.74, 6) is -1.40. The summed E-state index contributed by atoms with van der Waals surface area (Å²) in [4.78, 5) is 28.1. The summed E-state index contributed by atoms with van der Waals surface area (Å²) in [5.41, 5.74) is -0.268. The summed E-state index contributed by atoms with van der Waals surface area (Å²) >= 11 is 0. The predicted molar refractivity (Wildman–Crippen MR) is 79.9 cm³/mol. The van der Waals surface area contributed by atoms with Crippen molar-refractivity contribution in [1.82, 2.24) is 10.3 Å². The van der Waals surface area contributed by atoms with Crippen LogP contribution in [0.5, 0.6) is 0 Å². The quantitative estimate of drug-likeness (QED) is 0.889. The minimum Gasteiger partial charge on any atom is -0.479 e. The number of carbonyl (C=O) groups excluding carboxylic acids is 1. The van der Waals surface area contributed by atoms with Crippen LogP contribution in [0.25, 0.3) is 11.5 Å². The lowest BCUT2D eigenvalue weighted by atomic mass is 9.99. The first kappa shape index (κ1) is 15.2. The van der Waals surface area contributed by atoms with Gasteiger partial charge in [0, 0.05) is 18.6 Å². The zero-order valence-electron chi connectivity index (χ0n) is 12.5. The Balaban J connectivity index is 1.86. The van der Waals surface area contributed by atoms with Crippen molar-refractivity contribution < 1.29 is 23.8 Å². The van der Waals surface area contributed by atoms with E-state index in [2.05, 4.69) is 10.3 Å². The standard InChI is InChI=1S/C16H16N2O5/c1-10-12(23-14(17-10)11-5-3-2-4-6-11)13(19)18-16(15(20)21)7-8-22-9-16/h2-6H,7-9H2,1H3,(H,18,19)(H,20,21). The average molecular weight is 316 g/mol. The SMILES string of the molecule is Cc1nc(-c2ccccc2)oc1C(=O)NC1(C(=O)O)CCOC1. The van der Waals surface area contributed by atoms with Gasteiger partial charge < -0.3 is 19.6 Å². The van der Waals surface area contributed by atoms with Crippen molar-refractivity contribution in [3.05, 3.63) is 41.8 Å². The molecule has 3 rings (SSSR count). The Hall–Kier alpha value is -2.67. The van der Waals surface area contributed by atoms with Crippen LogP contribution in [0.2, 0.25) is 0 Å². The van der Waals surface area contributed by atoms with Gasteiger partial charge >= 0.3 is 5.97 Å². The summed E-state index contributed by atoms with van der Waals surface area (Å²) in [5, 5.41) is 11.9. The lowest BCUT2D eigenvalue weighted by molar-refractivity contribution is -0.144. The molecule has 0 bridgehead atoms. The number of carboxylic acid groups (broad SMARTS) is 1. The van der Waals surface area contributed by atoms with Crippen molar-refractivity contribution in [2.24, 2.45) is 0 Å². The van der Waals surface area contributed by atoms with E-state index in [1.54, 1.807) is 6.92 Å². The number of aromatic nitrogens is 1. The van der Waals surface area contributed by atoms with Gasteiger partial charge in [-0.3, -0.25) is 4.79 Å². The van der Waals surface area contributed by atoms with Crippen molar-refractivity contribution in [1.29, 1.82) is 0 Å². The molecule has 0 spiro atoms. The Kier molecular flexibility index (Phi) is 3.87. The molecule has 1 aliphatic heterocycles. The molecule has 0 saturated carbocycles. The van der Waals surface area contributed by atoms with E-state index in [0.717, 1.165) is 5.56 Å². The highest BCUT2D eigenvalue weighted by Crippen LogP contribution is 2.24. The van der Waals surface area contributed by atoms with Gasteiger partial charge in [0.05, 0.1) is 12.3 Å². The Morgan fingerprint density at radius 3 is 2.65 bits per heavy atom. The summed E-state index contributed by atoms with van der Waals surface area (Å²) in [6, 6.07) is 9.17. The van der Waals surface area contributed by atoms with Gasteiger partial charge in [-0.1, -0.05) is 18.2 Å². The molecule has 1 saturated heterocycles. The lowest BCUT2D eigenvalue weighted by Gasteiger charge is -2.22. The van der Waals surface area contributed by atoms with Crippen molar-refractivity contribution >= 4 is 11.9 Å². The normalized spacial score (nSPS) is 20.4. The number of carbonyl (C=O) groups is 2. The van der Waals surface area contributed by atoms with Crippen LogP contribution in [0.15, 0.2) is 34.7 Å². The number of hydrogen-bond donors (Lipinski definition) is 2. The Bertz CT molecular complexity index is 732. The summed E-state index contributed by atoms with van der Waals surface area (Å²) in [7, 11) is 0. The number of nitrogens with zero attached hydrogens (tertiary/aromatic N) is 1. The van der Waals surface area contributed by atoms with E-state index < -0.39 is 17.4 Å². The van der Waals surface area contributed by atoms with Crippen molar-refractivity contribution in [2.75, 3.05) is 13.2 Å². The molecule has 2 heterocycles. The minimum absolute atomic E-state index is 0.0105. The number of benzene rings is 1. The number of ether oxygens (including phenoxy) is 1. The van der Waals surface area contributed by atoms with E-state index in [4.69, 9.17) is 9.15 Å². The number of nitrogens with one attached hydrogen (secondary N) is 1. The third-order valence-electron chi connectivity index (χ3n) is 3.81. The molecule has 0 radical (unpaired) electrons. The summed E-state index contributed by atoms with van der Waals surface area (Å²) in [6.07, 6.45) is 0.215.